The quantitative estimate of drug-likeness (QED) is 0.457. The first-order chi connectivity index (χ1) is 17.0. The maximum absolute atomic E-state index is 12.3. The van der Waals surface area contributed by atoms with Crippen LogP contribution in [0.2, 0.25) is 0 Å². The van der Waals surface area contributed by atoms with Crippen LogP contribution in [-0.4, -0.2) is 37.6 Å². The van der Waals surface area contributed by atoms with Gasteiger partial charge in [-0.15, -0.1) is 0 Å². The standard InChI is InChI=1S/C27H29N3O4S/c28-16-25-24-13-10-21(34-17-22-5-2-14-33-22)15-26(24)30(20-3-1-4-20)27(25)18-6-8-19(9-7-18)29-35(31,32)23-11-12-23/h6-10,13,15,20,22-23,29H,1-5,11-12,14,17H2/t22-/m1/s1. The van der Waals surface area contributed by atoms with Crippen LogP contribution in [0, 0.1) is 11.3 Å². The smallest absolute Gasteiger partial charge is 0.235 e. The van der Waals surface area contributed by atoms with Crippen molar-refractivity contribution in [2.24, 2.45) is 0 Å². The van der Waals surface area contributed by atoms with Gasteiger partial charge in [0.15, 0.2) is 0 Å². The SMILES string of the molecule is N#Cc1c(-c2ccc(NS(=O)(=O)C3CC3)cc2)n(C2CCC2)c2cc(OC[C@H]3CCCO3)ccc12. The molecule has 35 heavy (non-hydrogen) atoms. The number of hydrogen-bond acceptors (Lipinski definition) is 5. The number of hydrogen-bond donors (Lipinski definition) is 1. The minimum atomic E-state index is -3.31. The Morgan fingerprint density at radius 2 is 1.86 bits per heavy atom. The minimum Gasteiger partial charge on any atom is -0.491 e. The summed E-state index contributed by atoms with van der Waals surface area (Å²) in [5.41, 5.74) is 3.99. The number of benzene rings is 2. The van der Waals surface area contributed by atoms with Crippen molar-refractivity contribution in [1.29, 1.82) is 5.26 Å². The molecule has 1 saturated heterocycles. The molecule has 0 unspecified atom stereocenters. The Morgan fingerprint density at radius 1 is 1.06 bits per heavy atom. The van der Waals surface area contributed by atoms with Gasteiger partial charge in [-0.3, -0.25) is 4.72 Å². The van der Waals surface area contributed by atoms with E-state index in [0.29, 0.717) is 23.9 Å². The molecule has 1 aromatic heterocycles. The van der Waals surface area contributed by atoms with E-state index in [1.54, 1.807) is 12.1 Å². The zero-order chi connectivity index (χ0) is 24.0. The van der Waals surface area contributed by atoms with Crippen LogP contribution < -0.4 is 9.46 Å². The van der Waals surface area contributed by atoms with Crippen LogP contribution in [-0.2, 0) is 14.8 Å². The predicted molar refractivity (Wildman–Crippen MR) is 135 cm³/mol. The van der Waals surface area contributed by atoms with Crippen LogP contribution in [0.4, 0.5) is 5.69 Å². The fourth-order valence-electron chi connectivity index (χ4n) is 5.09. The molecular weight excluding hydrogens is 462 g/mol. The first kappa shape index (κ1) is 22.4. The van der Waals surface area contributed by atoms with Gasteiger partial charge in [0.2, 0.25) is 10.0 Å². The summed E-state index contributed by atoms with van der Waals surface area (Å²) < 4.78 is 41.4. The van der Waals surface area contributed by atoms with Crippen LogP contribution in [0.3, 0.4) is 0 Å². The zero-order valence-corrected chi connectivity index (χ0v) is 20.4. The largest absolute Gasteiger partial charge is 0.491 e. The van der Waals surface area contributed by atoms with Gasteiger partial charge in [-0.2, -0.15) is 5.26 Å². The van der Waals surface area contributed by atoms with Crippen LogP contribution in [0.15, 0.2) is 42.5 Å². The van der Waals surface area contributed by atoms with Crippen molar-refractivity contribution in [2.45, 2.75) is 62.3 Å². The summed E-state index contributed by atoms with van der Waals surface area (Å²) in [6.45, 7) is 1.33. The summed E-state index contributed by atoms with van der Waals surface area (Å²) in [5.74, 6) is 0.784. The van der Waals surface area contributed by atoms with Crippen molar-refractivity contribution in [2.75, 3.05) is 17.9 Å². The van der Waals surface area contributed by atoms with E-state index in [4.69, 9.17) is 9.47 Å². The average Bonchev–Trinajstić information content (AvgIpc) is 3.48. The third-order valence-electron chi connectivity index (χ3n) is 7.37. The topological polar surface area (TPSA) is 93.4 Å². The monoisotopic (exact) mass is 491 g/mol. The molecule has 0 amide bonds. The van der Waals surface area contributed by atoms with E-state index in [-0.39, 0.29) is 11.4 Å². The van der Waals surface area contributed by atoms with Gasteiger partial charge in [0, 0.05) is 29.8 Å². The van der Waals surface area contributed by atoms with Crippen molar-refractivity contribution in [3.8, 4) is 23.1 Å². The lowest BCUT2D eigenvalue weighted by Crippen LogP contribution is -2.18. The summed E-state index contributed by atoms with van der Waals surface area (Å²) in [7, 11) is -3.31. The van der Waals surface area contributed by atoms with Crippen LogP contribution in [0.25, 0.3) is 22.2 Å². The Bertz CT molecular complexity index is 1390. The molecule has 0 spiro atoms. The van der Waals surface area contributed by atoms with Crippen LogP contribution >= 0.6 is 0 Å². The van der Waals surface area contributed by atoms with Gasteiger partial charge in [-0.05, 0) is 74.8 Å². The summed E-state index contributed by atoms with van der Waals surface area (Å²) in [6.07, 6.45) is 7.00. The van der Waals surface area contributed by atoms with Crippen molar-refractivity contribution in [1.82, 2.24) is 4.57 Å². The lowest BCUT2D eigenvalue weighted by Gasteiger charge is -2.30. The molecule has 1 N–H and O–H groups in total. The molecular formula is C27H29N3O4S. The van der Waals surface area contributed by atoms with Crippen molar-refractivity contribution in [3.05, 3.63) is 48.0 Å². The molecule has 182 valence electrons. The summed E-state index contributed by atoms with van der Waals surface area (Å²) >= 11 is 0. The molecule has 3 aromatic rings. The molecule has 2 aromatic carbocycles. The highest BCUT2D eigenvalue weighted by Gasteiger charge is 2.35. The maximum Gasteiger partial charge on any atom is 0.235 e. The molecule has 3 aliphatic rings. The van der Waals surface area contributed by atoms with Crippen molar-refractivity contribution in [3.63, 3.8) is 0 Å². The number of nitrogens with one attached hydrogen (secondary N) is 1. The van der Waals surface area contributed by atoms with E-state index < -0.39 is 10.0 Å². The fourth-order valence-corrected chi connectivity index (χ4v) is 6.48. The van der Waals surface area contributed by atoms with Gasteiger partial charge in [0.25, 0.3) is 0 Å². The number of ether oxygens (including phenoxy) is 2. The number of anilines is 1. The number of sulfonamides is 1. The highest BCUT2D eigenvalue weighted by Crippen LogP contribution is 2.43. The Kier molecular flexibility index (Phi) is 5.70. The van der Waals surface area contributed by atoms with E-state index in [2.05, 4.69) is 15.4 Å². The number of aromatic nitrogens is 1. The van der Waals surface area contributed by atoms with Crippen molar-refractivity contribution >= 4 is 26.6 Å². The molecule has 0 bridgehead atoms. The lowest BCUT2D eigenvalue weighted by molar-refractivity contribution is 0.0680. The second-order valence-electron chi connectivity index (χ2n) is 9.84. The van der Waals surface area contributed by atoms with Gasteiger partial charge in [-0.1, -0.05) is 12.1 Å². The van der Waals surface area contributed by atoms with Crippen LogP contribution in [0.5, 0.6) is 5.75 Å². The fraction of sp³-hybridized carbons (Fsp3) is 0.444. The Morgan fingerprint density at radius 3 is 2.49 bits per heavy atom. The zero-order valence-electron chi connectivity index (χ0n) is 19.6. The van der Waals surface area contributed by atoms with E-state index >= 15 is 0 Å². The Balaban J connectivity index is 1.37. The lowest BCUT2D eigenvalue weighted by atomic mass is 9.92. The molecule has 6 rings (SSSR count). The van der Waals surface area contributed by atoms with Gasteiger partial charge >= 0.3 is 0 Å². The average molecular weight is 492 g/mol. The normalized spacial score (nSPS) is 20.5. The van der Waals surface area contributed by atoms with Gasteiger partial charge in [-0.25, -0.2) is 8.42 Å². The second kappa shape index (κ2) is 8.89. The second-order valence-corrected chi connectivity index (χ2v) is 11.8. The molecule has 2 aliphatic carbocycles. The number of rotatable bonds is 8. The van der Waals surface area contributed by atoms with Gasteiger partial charge in [0.05, 0.1) is 28.1 Å². The van der Waals surface area contributed by atoms with Gasteiger partial charge in [0.1, 0.15) is 18.4 Å². The van der Waals surface area contributed by atoms with Crippen LogP contribution in [0.1, 0.15) is 56.6 Å². The van der Waals surface area contributed by atoms with Gasteiger partial charge < -0.3 is 14.0 Å². The summed E-state index contributed by atoms with van der Waals surface area (Å²) in [6, 6.07) is 16.1. The number of fused-ring (bicyclic) bond motifs is 1. The third-order valence-corrected chi connectivity index (χ3v) is 9.24. The highest BCUT2D eigenvalue weighted by atomic mass is 32.2. The Labute approximate surface area is 205 Å². The molecule has 1 aliphatic heterocycles. The molecule has 0 radical (unpaired) electrons. The Hall–Kier alpha value is -3.02. The third kappa shape index (κ3) is 4.28. The first-order valence-corrected chi connectivity index (χ1v) is 14.0. The molecule has 8 heteroatoms. The highest BCUT2D eigenvalue weighted by molar-refractivity contribution is 7.93. The summed E-state index contributed by atoms with van der Waals surface area (Å²) in [5, 5.41) is 10.8. The van der Waals surface area contributed by atoms with E-state index in [9.17, 15) is 13.7 Å². The van der Waals surface area contributed by atoms with Crippen molar-refractivity contribution < 1.29 is 17.9 Å². The molecule has 2 saturated carbocycles. The van der Waals surface area contributed by atoms with E-state index in [1.807, 2.05) is 30.3 Å². The molecule has 1 atom stereocenters. The minimum absolute atomic E-state index is 0.144. The molecule has 2 heterocycles. The molecule has 7 nitrogen and oxygen atoms in total. The maximum atomic E-state index is 12.3. The summed E-state index contributed by atoms with van der Waals surface area (Å²) in [4.78, 5) is 0. The van der Waals surface area contributed by atoms with E-state index in [1.165, 1.54) is 6.42 Å². The predicted octanol–water partition coefficient (Wildman–Crippen LogP) is 5.37. The number of nitrogens with zero attached hydrogens (tertiary/aromatic N) is 2. The number of nitriles is 1. The first-order valence-electron chi connectivity index (χ1n) is 12.5. The molecule has 3 fully saturated rings. The van der Waals surface area contributed by atoms with E-state index in [0.717, 1.165) is 73.0 Å².